The van der Waals surface area contributed by atoms with Gasteiger partial charge in [0.2, 0.25) is 24.4 Å². The van der Waals surface area contributed by atoms with Gasteiger partial charge in [-0.15, -0.1) is 0 Å². The molecule has 0 aliphatic carbocycles. The molecule has 7 nitrogen and oxygen atoms in total. The van der Waals surface area contributed by atoms with Crippen LogP contribution in [0.25, 0.3) is 11.4 Å². The second kappa shape index (κ2) is 7.82. The Morgan fingerprint density at radius 2 is 1.83 bits per heavy atom. The number of benzene rings is 2. The molecule has 5 rings (SSSR count). The SMILES string of the molecule is CC(C(=O)N1CCC(c2nc(-c3ccc4c(c3)OCO4)no2)CC1)c1ccccc1. The first-order valence-electron chi connectivity index (χ1n) is 10.3. The third-order valence-corrected chi connectivity index (χ3v) is 5.90. The number of rotatable bonds is 4. The lowest BCUT2D eigenvalue weighted by Crippen LogP contribution is -2.40. The first kappa shape index (κ1) is 18.7. The minimum absolute atomic E-state index is 0.135. The molecule has 2 aliphatic rings. The highest BCUT2D eigenvalue weighted by Crippen LogP contribution is 2.36. The number of ether oxygens (including phenoxy) is 2. The number of likely N-dealkylation sites (tertiary alicyclic amines) is 1. The standard InChI is InChI=1S/C23H23N3O4/c1-15(16-5-3-2-4-6-16)23(27)26-11-9-17(10-12-26)22-24-21(25-30-22)18-7-8-19-20(13-18)29-14-28-19/h2-8,13,15,17H,9-12,14H2,1H3. The van der Waals surface area contributed by atoms with Crippen molar-refractivity contribution in [2.45, 2.75) is 31.6 Å². The molecule has 2 aliphatic heterocycles. The van der Waals surface area contributed by atoms with E-state index in [1.165, 1.54) is 0 Å². The van der Waals surface area contributed by atoms with Gasteiger partial charge in [0.15, 0.2) is 11.5 Å². The third-order valence-electron chi connectivity index (χ3n) is 5.90. The van der Waals surface area contributed by atoms with Gasteiger partial charge in [0.25, 0.3) is 0 Å². The highest BCUT2D eigenvalue weighted by Gasteiger charge is 2.30. The molecule has 1 fully saturated rings. The molecule has 1 saturated heterocycles. The molecule has 0 radical (unpaired) electrons. The van der Waals surface area contributed by atoms with Crippen LogP contribution in [-0.2, 0) is 4.79 Å². The van der Waals surface area contributed by atoms with Gasteiger partial charge in [0, 0.05) is 24.6 Å². The Hall–Kier alpha value is -3.35. The number of carbonyl (C=O) groups is 1. The topological polar surface area (TPSA) is 77.7 Å². The molecule has 30 heavy (non-hydrogen) atoms. The Bertz CT molecular complexity index is 1040. The second-order valence-corrected chi connectivity index (χ2v) is 7.76. The predicted octanol–water partition coefficient (Wildman–Crippen LogP) is 3.98. The number of hydrogen-bond acceptors (Lipinski definition) is 6. The van der Waals surface area contributed by atoms with Gasteiger partial charge in [-0.3, -0.25) is 4.79 Å². The van der Waals surface area contributed by atoms with E-state index in [0.717, 1.165) is 29.7 Å². The Kier molecular flexibility index (Phi) is 4.86. The van der Waals surface area contributed by atoms with E-state index in [0.29, 0.717) is 30.6 Å². The lowest BCUT2D eigenvalue weighted by atomic mass is 9.94. The predicted molar refractivity (Wildman–Crippen MR) is 109 cm³/mol. The maximum Gasteiger partial charge on any atom is 0.231 e. The van der Waals surface area contributed by atoms with Crippen molar-refractivity contribution in [2.75, 3.05) is 19.9 Å². The molecule has 1 unspecified atom stereocenters. The Morgan fingerprint density at radius 1 is 1.07 bits per heavy atom. The van der Waals surface area contributed by atoms with Crippen LogP contribution < -0.4 is 9.47 Å². The van der Waals surface area contributed by atoms with Crippen molar-refractivity contribution in [2.24, 2.45) is 0 Å². The van der Waals surface area contributed by atoms with Crippen LogP contribution in [0, 0.1) is 0 Å². The molecular formula is C23H23N3O4. The number of aromatic nitrogens is 2. The van der Waals surface area contributed by atoms with Crippen LogP contribution in [0.3, 0.4) is 0 Å². The minimum Gasteiger partial charge on any atom is -0.454 e. The van der Waals surface area contributed by atoms with E-state index in [1.54, 1.807) is 0 Å². The summed E-state index contributed by atoms with van der Waals surface area (Å²) >= 11 is 0. The molecule has 3 heterocycles. The van der Waals surface area contributed by atoms with Crippen LogP contribution in [0.1, 0.15) is 43.1 Å². The number of hydrogen-bond donors (Lipinski definition) is 0. The second-order valence-electron chi connectivity index (χ2n) is 7.76. The van der Waals surface area contributed by atoms with E-state index in [4.69, 9.17) is 14.0 Å². The lowest BCUT2D eigenvalue weighted by molar-refractivity contribution is -0.133. The molecule has 1 aromatic heterocycles. The number of nitrogens with zero attached hydrogens (tertiary/aromatic N) is 3. The monoisotopic (exact) mass is 405 g/mol. The minimum atomic E-state index is -0.135. The van der Waals surface area contributed by atoms with E-state index in [1.807, 2.05) is 60.4 Å². The van der Waals surface area contributed by atoms with E-state index in [9.17, 15) is 4.79 Å². The average Bonchev–Trinajstić information content (AvgIpc) is 3.48. The van der Waals surface area contributed by atoms with Crippen molar-refractivity contribution >= 4 is 5.91 Å². The maximum atomic E-state index is 12.9. The third kappa shape index (κ3) is 3.51. The van der Waals surface area contributed by atoms with Crippen LogP contribution in [0.15, 0.2) is 53.1 Å². The van der Waals surface area contributed by atoms with Crippen LogP contribution in [0.5, 0.6) is 11.5 Å². The number of amides is 1. The van der Waals surface area contributed by atoms with Crippen LogP contribution in [-0.4, -0.2) is 40.8 Å². The van der Waals surface area contributed by atoms with Gasteiger partial charge in [-0.25, -0.2) is 0 Å². The van der Waals surface area contributed by atoms with Gasteiger partial charge in [-0.2, -0.15) is 4.98 Å². The van der Waals surface area contributed by atoms with Crippen LogP contribution in [0.2, 0.25) is 0 Å². The van der Waals surface area contributed by atoms with Gasteiger partial charge in [0.05, 0.1) is 5.92 Å². The summed E-state index contributed by atoms with van der Waals surface area (Å²) in [5.74, 6) is 2.79. The smallest absolute Gasteiger partial charge is 0.231 e. The van der Waals surface area contributed by atoms with E-state index in [-0.39, 0.29) is 24.5 Å². The normalized spacial score (nSPS) is 17.2. The maximum absolute atomic E-state index is 12.9. The quantitative estimate of drug-likeness (QED) is 0.654. The van der Waals surface area contributed by atoms with Crippen molar-refractivity contribution in [1.82, 2.24) is 15.0 Å². The zero-order valence-corrected chi connectivity index (χ0v) is 16.8. The first-order valence-corrected chi connectivity index (χ1v) is 10.3. The summed E-state index contributed by atoms with van der Waals surface area (Å²) in [6.45, 7) is 3.60. The van der Waals surface area contributed by atoms with Crippen LogP contribution in [0.4, 0.5) is 0 Å². The first-order chi connectivity index (χ1) is 14.7. The van der Waals surface area contributed by atoms with E-state index >= 15 is 0 Å². The highest BCUT2D eigenvalue weighted by atomic mass is 16.7. The summed E-state index contributed by atoms with van der Waals surface area (Å²) in [7, 11) is 0. The molecule has 2 aromatic carbocycles. The molecule has 0 bridgehead atoms. The average molecular weight is 405 g/mol. The Labute approximate surface area is 174 Å². The molecule has 0 N–H and O–H groups in total. The van der Waals surface area contributed by atoms with Gasteiger partial charge in [0.1, 0.15) is 0 Å². The molecule has 7 heteroatoms. The summed E-state index contributed by atoms with van der Waals surface area (Å²) < 4.78 is 16.3. The zero-order chi connectivity index (χ0) is 20.5. The molecular weight excluding hydrogens is 382 g/mol. The molecule has 0 saturated carbocycles. The van der Waals surface area contributed by atoms with Gasteiger partial charge in [-0.05, 0) is 43.5 Å². The fraction of sp³-hybridized carbons (Fsp3) is 0.348. The van der Waals surface area contributed by atoms with Gasteiger partial charge < -0.3 is 18.9 Å². The van der Waals surface area contributed by atoms with Crippen molar-refractivity contribution in [3.8, 4) is 22.9 Å². The number of fused-ring (bicyclic) bond motifs is 1. The van der Waals surface area contributed by atoms with Crippen molar-refractivity contribution in [3.05, 3.63) is 60.0 Å². The Balaban J connectivity index is 1.23. The van der Waals surface area contributed by atoms with Gasteiger partial charge in [-0.1, -0.05) is 35.5 Å². The molecule has 1 amide bonds. The van der Waals surface area contributed by atoms with Crippen LogP contribution >= 0.6 is 0 Å². The van der Waals surface area contributed by atoms with Crippen molar-refractivity contribution in [3.63, 3.8) is 0 Å². The molecule has 1 atom stereocenters. The molecule has 0 spiro atoms. The molecule has 3 aromatic rings. The van der Waals surface area contributed by atoms with Crippen molar-refractivity contribution < 1.29 is 18.8 Å². The fourth-order valence-electron chi connectivity index (χ4n) is 4.06. The Morgan fingerprint density at radius 3 is 2.63 bits per heavy atom. The highest BCUT2D eigenvalue weighted by molar-refractivity contribution is 5.83. The number of carbonyl (C=O) groups excluding carboxylic acids is 1. The van der Waals surface area contributed by atoms with Crippen molar-refractivity contribution in [1.29, 1.82) is 0 Å². The summed E-state index contributed by atoms with van der Waals surface area (Å²) in [6, 6.07) is 15.5. The summed E-state index contributed by atoms with van der Waals surface area (Å²) in [4.78, 5) is 19.4. The molecule has 154 valence electrons. The van der Waals surface area contributed by atoms with E-state index in [2.05, 4.69) is 10.1 Å². The van der Waals surface area contributed by atoms with Gasteiger partial charge >= 0.3 is 0 Å². The summed E-state index contributed by atoms with van der Waals surface area (Å²) in [5.41, 5.74) is 1.88. The number of piperidine rings is 1. The largest absolute Gasteiger partial charge is 0.454 e. The summed E-state index contributed by atoms with van der Waals surface area (Å²) in [6.07, 6.45) is 1.63. The zero-order valence-electron chi connectivity index (χ0n) is 16.8. The summed E-state index contributed by atoms with van der Waals surface area (Å²) in [5, 5.41) is 4.15. The lowest BCUT2D eigenvalue weighted by Gasteiger charge is -2.32. The fourth-order valence-corrected chi connectivity index (χ4v) is 4.06. The van der Waals surface area contributed by atoms with E-state index < -0.39 is 0 Å².